The monoisotopic (exact) mass is 380 g/mol. The van der Waals surface area contributed by atoms with E-state index in [1.165, 1.54) is 6.21 Å². The molecule has 2 aromatic rings. The molecule has 0 spiro atoms. The van der Waals surface area contributed by atoms with Gasteiger partial charge in [0, 0.05) is 51.8 Å². The van der Waals surface area contributed by atoms with Crippen LogP contribution in [0.25, 0.3) is 0 Å². The second-order valence-corrected chi connectivity index (χ2v) is 7.29. The number of hydrogen-bond acceptors (Lipinski definition) is 7. The van der Waals surface area contributed by atoms with Crippen molar-refractivity contribution in [3.05, 3.63) is 53.5 Å². The van der Waals surface area contributed by atoms with Crippen LogP contribution in [0.3, 0.4) is 0 Å². The van der Waals surface area contributed by atoms with Gasteiger partial charge in [0.15, 0.2) is 0 Å². The smallest absolute Gasteiger partial charge is 0.129 e. The second-order valence-electron chi connectivity index (χ2n) is 7.29. The third-order valence-corrected chi connectivity index (χ3v) is 5.30. The van der Waals surface area contributed by atoms with Crippen LogP contribution in [0.4, 0.5) is 5.82 Å². The number of nitrogens with zero attached hydrogens (tertiary/aromatic N) is 4. The molecule has 0 aliphatic carbocycles. The van der Waals surface area contributed by atoms with Crippen molar-refractivity contribution in [2.24, 2.45) is 4.99 Å². The third kappa shape index (κ3) is 4.10. The fourth-order valence-corrected chi connectivity index (χ4v) is 3.40. The van der Waals surface area contributed by atoms with Crippen LogP contribution in [0, 0.1) is 5.41 Å². The van der Waals surface area contributed by atoms with Crippen LogP contribution in [-0.2, 0) is 4.74 Å². The summed E-state index contributed by atoms with van der Waals surface area (Å²) in [6.07, 6.45) is 2.93. The van der Waals surface area contributed by atoms with Gasteiger partial charge in [-0.15, -0.1) is 0 Å². The highest BCUT2D eigenvalue weighted by atomic mass is 16.5. The molecule has 3 heterocycles. The Bertz CT molecular complexity index is 863. The molecule has 1 aliphatic rings. The van der Waals surface area contributed by atoms with E-state index < -0.39 is 0 Å². The molecule has 1 fully saturated rings. The molecule has 7 heteroatoms. The normalized spacial score (nSPS) is 18.2. The summed E-state index contributed by atoms with van der Waals surface area (Å²) in [5.41, 5.74) is 2.64. The summed E-state index contributed by atoms with van der Waals surface area (Å²) in [6, 6.07) is 9.96. The number of methoxy groups -OCH3 is 1. The lowest BCUT2D eigenvalue weighted by molar-refractivity contribution is -0.0108. The lowest BCUT2D eigenvalue weighted by atomic mass is 9.96. The molecule has 7 nitrogen and oxygen atoms in total. The van der Waals surface area contributed by atoms with Gasteiger partial charge in [-0.05, 0) is 38.1 Å². The van der Waals surface area contributed by atoms with Crippen LogP contribution >= 0.6 is 0 Å². The van der Waals surface area contributed by atoms with Crippen molar-refractivity contribution in [2.75, 3.05) is 38.7 Å². The molecule has 3 rings (SSSR count). The Morgan fingerprint density at radius 3 is 2.89 bits per heavy atom. The number of pyridine rings is 2. The van der Waals surface area contributed by atoms with E-state index in [-0.39, 0.29) is 11.6 Å². The van der Waals surface area contributed by atoms with E-state index >= 15 is 0 Å². The maximum absolute atomic E-state index is 7.63. The number of anilines is 1. The standard InChI is InChI=1S/C21H28N6O/c1-21(2,28-4)18-14-27(12-11-25-18)19-9-5-8-16(26-19)20(23-3)15-7-6-10-24-17(15)13-22/h5-10,13,18,22,25H,11-12,14H2,1-4H3. The fourth-order valence-electron chi connectivity index (χ4n) is 3.40. The second kappa shape index (κ2) is 8.58. The minimum Gasteiger partial charge on any atom is -0.377 e. The number of nitrogens with one attached hydrogen (secondary N) is 2. The minimum atomic E-state index is -0.263. The molecule has 1 saturated heterocycles. The van der Waals surface area contributed by atoms with E-state index in [0.717, 1.165) is 42.4 Å². The summed E-state index contributed by atoms with van der Waals surface area (Å²) in [5.74, 6) is 0.914. The van der Waals surface area contributed by atoms with Gasteiger partial charge in [0.1, 0.15) is 5.82 Å². The molecular formula is C21H28N6O. The average molecular weight is 380 g/mol. The highest BCUT2D eigenvalue weighted by molar-refractivity contribution is 6.14. The third-order valence-electron chi connectivity index (χ3n) is 5.30. The first-order valence-corrected chi connectivity index (χ1v) is 9.43. The van der Waals surface area contributed by atoms with E-state index in [4.69, 9.17) is 15.1 Å². The number of aromatic nitrogens is 2. The van der Waals surface area contributed by atoms with Crippen LogP contribution in [0.5, 0.6) is 0 Å². The Balaban J connectivity index is 1.90. The van der Waals surface area contributed by atoms with Gasteiger partial charge in [-0.25, -0.2) is 4.98 Å². The van der Waals surface area contributed by atoms with E-state index in [2.05, 4.69) is 34.0 Å². The van der Waals surface area contributed by atoms with Gasteiger partial charge in [-0.2, -0.15) is 0 Å². The summed E-state index contributed by atoms with van der Waals surface area (Å²) in [5, 5.41) is 11.2. The topological polar surface area (TPSA) is 86.5 Å². The molecule has 0 amide bonds. The Morgan fingerprint density at radius 2 is 2.18 bits per heavy atom. The van der Waals surface area contributed by atoms with E-state index in [9.17, 15) is 0 Å². The molecule has 28 heavy (non-hydrogen) atoms. The molecule has 1 unspecified atom stereocenters. The summed E-state index contributed by atoms with van der Waals surface area (Å²) in [7, 11) is 3.49. The van der Waals surface area contributed by atoms with Gasteiger partial charge >= 0.3 is 0 Å². The molecule has 2 N–H and O–H groups in total. The van der Waals surface area contributed by atoms with Gasteiger partial charge in [0.05, 0.1) is 28.7 Å². The first-order valence-electron chi connectivity index (χ1n) is 9.43. The van der Waals surface area contributed by atoms with Crippen molar-refractivity contribution in [3.63, 3.8) is 0 Å². The van der Waals surface area contributed by atoms with Crippen LogP contribution in [-0.4, -0.2) is 67.3 Å². The van der Waals surface area contributed by atoms with Crippen LogP contribution in [0.1, 0.15) is 30.8 Å². The molecule has 0 aromatic carbocycles. The van der Waals surface area contributed by atoms with E-state index in [1.54, 1.807) is 20.4 Å². The quantitative estimate of drug-likeness (QED) is 0.750. The number of ether oxygens (including phenoxy) is 1. The number of aliphatic imine (C=N–C) groups is 1. The van der Waals surface area contributed by atoms with Crippen molar-refractivity contribution in [2.45, 2.75) is 25.5 Å². The zero-order valence-electron chi connectivity index (χ0n) is 16.9. The van der Waals surface area contributed by atoms with Crippen molar-refractivity contribution in [3.8, 4) is 0 Å². The Labute approximate surface area is 166 Å². The predicted octanol–water partition coefficient (Wildman–Crippen LogP) is 2.14. The SMILES string of the molecule is CN=C(c1cccc(N2CCNC(C(C)(C)OC)C2)n1)c1cccnc1C=N. The highest BCUT2D eigenvalue weighted by Crippen LogP contribution is 2.22. The molecule has 1 aliphatic heterocycles. The number of rotatable bonds is 6. The van der Waals surface area contributed by atoms with Gasteiger partial charge in [-0.3, -0.25) is 9.98 Å². The number of piperazine rings is 1. The Morgan fingerprint density at radius 1 is 1.36 bits per heavy atom. The van der Waals surface area contributed by atoms with Gasteiger partial charge in [-0.1, -0.05) is 6.07 Å². The Hall–Kier alpha value is -2.64. The molecular weight excluding hydrogens is 352 g/mol. The fraction of sp³-hybridized carbons (Fsp3) is 0.429. The summed E-state index contributed by atoms with van der Waals surface area (Å²) in [6.45, 7) is 6.76. The maximum Gasteiger partial charge on any atom is 0.129 e. The molecule has 2 aromatic heterocycles. The number of hydrogen-bond donors (Lipinski definition) is 2. The molecule has 0 saturated carbocycles. The summed E-state index contributed by atoms with van der Waals surface area (Å²) >= 11 is 0. The lowest BCUT2D eigenvalue weighted by Crippen LogP contribution is -2.60. The van der Waals surface area contributed by atoms with E-state index in [0.29, 0.717) is 5.69 Å². The molecule has 1 atom stereocenters. The van der Waals surface area contributed by atoms with Gasteiger partial charge in [0.25, 0.3) is 0 Å². The van der Waals surface area contributed by atoms with Crippen LogP contribution in [0.2, 0.25) is 0 Å². The maximum atomic E-state index is 7.63. The Kier molecular flexibility index (Phi) is 6.16. The zero-order valence-corrected chi connectivity index (χ0v) is 16.9. The van der Waals surface area contributed by atoms with Crippen molar-refractivity contribution >= 4 is 17.7 Å². The van der Waals surface area contributed by atoms with E-state index in [1.807, 2.05) is 30.3 Å². The molecule has 148 valence electrons. The first kappa shape index (κ1) is 20.1. The molecule has 0 radical (unpaired) electrons. The van der Waals surface area contributed by atoms with Crippen molar-refractivity contribution in [1.29, 1.82) is 5.41 Å². The zero-order chi connectivity index (χ0) is 20.1. The highest BCUT2D eigenvalue weighted by Gasteiger charge is 2.33. The van der Waals surface area contributed by atoms with Crippen molar-refractivity contribution in [1.82, 2.24) is 15.3 Å². The summed E-state index contributed by atoms with van der Waals surface area (Å²) < 4.78 is 5.67. The van der Waals surface area contributed by atoms with Crippen molar-refractivity contribution < 1.29 is 4.74 Å². The first-order chi connectivity index (χ1) is 13.5. The van der Waals surface area contributed by atoms with Crippen LogP contribution < -0.4 is 10.2 Å². The lowest BCUT2D eigenvalue weighted by Gasteiger charge is -2.41. The average Bonchev–Trinajstić information content (AvgIpc) is 2.75. The molecule has 0 bridgehead atoms. The predicted molar refractivity (Wildman–Crippen MR) is 113 cm³/mol. The largest absolute Gasteiger partial charge is 0.377 e. The van der Waals surface area contributed by atoms with Gasteiger partial charge < -0.3 is 20.4 Å². The summed E-state index contributed by atoms with van der Waals surface area (Å²) in [4.78, 5) is 15.9. The van der Waals surface area contributed by atoms with Gasteiger partial charge in [0.2, 0.25) is 0 Å². The minimum absolute atomic E-state index is 0.207. The van der Waals surface area contributed by atoms with Crippen LogP contribution in [0.15, 0.2) is 41.5 Å².